The summed E-state index contributed by atoms with van der Waals surface area (Å²) in [7, 11) is 0. The summed E-state index contributed by atoms with van der Waals surface area (Å²) in [5.74, 6) is 0.247. The Bertz CT molecular complexity index is 244. The van der Waals surface area contributed by atoms with Crippen LogP contribution in [0.5, 0.6) is 0 Å². The number of Topliss-reactive ketones (excluding diaryl/α,β-unsaturated/α-hetero) is 1. The molecular weight excluding hydrogens is 218 g/mol. The van der Waals surface area contributed by atoms with E-state index in [9.17, 15) is 9.59 Å². The summed E-state index contributed by atoms with van der Waals surface area (Å²) in [6.45, 7) is 7.77. The molecule has 0 rings (SSSR count). The van der Waals surface area contributed by atoms with E-state index < -0.39 is 5.60 Å². The average Bonchev–Trinajstić information content (AvgIpc) is 2.12. The first-order chi connectivity index (χ1) is 7.81. The molecule has 0 saturated heterocycles. The zero-order valence-electron chi connectivity index (χ0n) is 11.5. The van der Waals surface area contributed by atoms with Crippen LogP contribution in [0, 0.1) is 0 Å². The summed E-state index contributed by atoms with van der Waals surface area (Å²) in [6, 6.07) is 0. The number of hydrogen-bond donors (Lipinski definition) is 1. The van der Waals surface area contributed by atoms with Gasteiger partial charge in [0.1, 0.15) is 11.4 Å². The minimum atomic E-state index is -0.439. The van der Waals surface area contributed by atoms with Crippen LogP contribution in [0.1, 0.15) is 59.8 Å². The highest BCUT2D eigenvalue weighted by molar-refractivity contribution is 5.75. The molecule has 0 unspecified atom stereocenters. The van der Waals surface area contributed by atoms with Gasteiger partial charge in [-0.2, -0.15) is 0 Å². The van der Waals surface area contributed by atoms with E-state index in [-0.39, 0.29) is 11.9 Å². The molecule has 0 aliphatic carbocycles. The molecule has 0 aromatic rings. The first-order valence-electron chi connectivity index (χ1n) is 6.27. The number of carbonyl (C=O) groups excluding carboxylic acids is 2. The molecule has 0 aliphatic heterocycles. The molecule has 0 aliphatic rings. The maximum atomic E-state index is 11.3. The van der Waals surface area contributed by atoms with Gasteiger partial charge in [-0.25, -0.2) is 4.79 Å². The molecule has 0 aromatic heterocycles. The Morgan fingerprint density at radius 3 is 2.18 bits per heavy atom. The molecule has 100 valence electrons. The average molecular weight is 243 g/mol. The third-order valence-electron chi connectivity index (χ3n) is 2.12. The van der Waals surface area contributed by atoms with E-state index >= 15 is 0 Å². The lowest BCUT2D eigenvalue weighted by Gasteiger charge is -2.19. The smallest absolute Gasteiger partial charge is 0.407 e. The van der Waals surface area contributed by atoms with Gasteiger partial charge in [0.05, 0.1) is 0 Å². The van der Waals surface area contributed by atoms with Gasteiger partial charge in [-0.05, 0) is 40.5 Å². The number of unbranched alkanes of at least 4 members (excludes halogenated alkanes) is 3. The second-order valence-corrected chi connectivity index (χ2v) is 5.29. The maximum absolute atomic E-state index is 11.3. The summed E-state index contributed by atoms with van der Waals surface area (Å²) >= 11 is 0. The van der Waals surface area contributed by atoms with Crippen molar-refractivity contribution in [2.75, 3.05) is 6.54 Å². The zero-order chi connectivity index (χ0) is 13.3. The molecule has 4 nitrogen and oxygen atoms in total. The van der Waals surface area contributed by atoms with Crippen LogP contribution in [0.25, 0.3) is 0 Å². The fourth-order valence-electron chi connectivity index (χ4n) is 1.36. The van der Waals surface area contributed by atoms with Crippen molar-refractivity contribution in [1.29, 1.82) is 0 Å². The van der Waals surface area contributed by atoms with Gasteiger partial charge in [0.15, 0.2) is 0 Å². The van der Waals surface area contributed by atoms with Crippen LogP contribution in [-0.2, 0) is 9.53 Å². The van der Waals surface area contributed by atoms with Crippen molar-refractivity contribution in [2.45, 2.75) is 65.4 Å². The van der Waals surface area contributed by atoms with Gasteiger partial charge in [-0.3, -0.25) is 0 Å². The molecular formula is C13H25NO3. The Kier molecular flexibility index (Phi) is 7.59. The first-order valence-corrected chi connectivity index (χ1v) is 6.27. The zero-order valence-corrected chi connectivity index (χ0v) is 11.5. The number of alkyl carbamates (subject to hydrolysis) is 1. The first kappa shape index (κ1) is 15.9. The lowest BCUT2D eigenvalue weighted by molar-refractivity contribution is -0.117. The lowest BCUT2D eigenvalue weighted by atomic mass is 10.1. The summed E-state index contributed by atoms with van der Waals surface area (Å²) in [6.07, 6.45) is 4.25. The van der Waals surface area contributed by atoms with E-state index in [2.05, 4.69) is 5.32 Å². The molecule has 0 fully saturated rings. The van der Waals surface area contributed by atoms with Crippen molar-refractivity contribution in [1.82, 2.24) is 5.32 Å². The van der Waals surface area contributed by atoms with Gasteiger partial charge in [-0.1, -0.05) is 12.8 Å². The van der Waals surface area contributed by atoms with E-state index in [1.165, 1.54) is 0 Å². The lowest BCUT2D eigenvalue weighted by Crippen LogP contribution is -2.32. The topological polar surface area (TPSA) is 55.4 Å². The SMILES string of the molecule is CC(=O)CCCCCCNC(=O)OC(C)(C)C. The highest BCUT2D eigenvalue weighted by atomic mass is 16.6. The number of ketones is 1. The molecule has 0 saturated carbocycles. The molecule has 0 radical (unpaired) electrons. The van der Waals surface area contributed by atoms with E-state index in [1.54, 1.807) is 6.92 Å². The second kappa shape index (κ2) is 8.09. The normalized spacial score (nSPS) is 11.1. The van der Waals surface area contributed by atoms with Gasteiger partial charge >= 0.3 is 6.09 Å². The summed E-state index contributed by atoms with van der Waals surface area (Å²) in [5, 5.41) is 2.71. The number of hydrogen-bond acceptors (Lipinski definition) is 3. The third kappa shape index (κ3) is 12.9. The number of carbonyl (C=O) groups is 2. The van der Waals surface area contributed by atoms with E-state index in [0.717, 1.165) is 25.7 Å². The van der Waals surface area contributed by atoms with Gasteiger partial charge in [0.2, 0.25) is 0 Å². The molecule has 0 spiro atoms. The highest BCUT2D eigenvalue weighted by Gasteiger charge is 2.15. The molecule has 4 heteroatoms. The summed E-state index contributed by atoms with van der Waals surface area (Å²) in [5.41, 5.74) is -0.439. The van der Waals surface area contributed by atoms with Crippen molar-refractivity contribution in [3.8, 4) is 0 Å². The Morgan fingerprint density at radius 2 is 1.65 bits per heavy atom. The third-order valence-corrected chi connectivity index (χ3v) is 2.12. The van der Waals surface area contributed by atoms with Crippen molar-refractivity contribution in [2.24, 2.45) is 0 Å². The van der Waals surface area contributed by atoms with Gasteiger partial charge in [0.25, 0.3) is 0 Å². The van der Waals surface area contributed by atoms with Crippen LogP contribution in [0.15, 0.2) is 0 Å². The highest BCUT2D eigenvalue weighted by Crippen LogP contribution is 2.07. The van der Waals surface area contributed by atoms with Crippen molar-refractivity contribution in [3.63, 3.8) is 0 Å². The number of ether oxygens (including phenoxy) is 1. The van der Waals surface area contributed by atoms with Crippen LogP contribution in [-0.4, -0.2) is 24.0 Å². The Morgan fingerprint density at radius 1 is 1.06 bits per heavy atom. The second-order valence-electron chi connectivity index (χ2n) is 5.29. The van der Waals surface area contributed by atoms with Crippen LogP contribution < -0.4 is 5.32 Å². The van der Waals surface area contributed by atoms with Crippen LogP contribution in [0.2, 0.25) is 0 Å². The van der Waals surface area contributed by atoms with Crippen molar-refractivity contribution >= 4 is 11.9 Å². The standard InChI is InChI=1S/C13H25NO3/c1-11(15)9-7-5-6-8-10-14-12(16)17-13(2,3)4/h5-10H2,1-4H3,(H,14,16). The Balaban J connectivity index is 3.34. The largest absolute Gasteiger partial charge is 0.444 e. The quantitative estimate of drug-likeness (QED) is 0.699. The molecule has 17 heavy (non-hydrogen) atoms. The van der Waals surface area contributed by atoms with Gasteiger partial charge < -0.3 is 14.8 Å². The fourth-order valence-corrected chi connectivity index (χ4v) is 1.36. The van der Waals surface area contributed by atoms with E-state index in [4.69, 9.17) is 4.74 Å². The number of nitrogens with one attached hydrogen (secondary N) is 1. The van der Waals surface area contributed by atoms with Crippen LogP contribution in [0.3, 0.4) is 0 Å². The molecule has 1 N–H and O–H groups in total. The van der Waals surface area contributed by atoms with E-state index in [0.29, 0.717) is 13.0 Å². The van der Waals surface area contributed by atoms with Crippen LogP contribution >= 0.6 is 0 Å². The van der Waals surface area contributed by atoms with Crippen LogP contribution in [0.4, 0.5) is 4.79 Å². The van der Waals surface area contributed by atoms with E-state index in [1.807, 2.05) is 20.8 Å². The fraction of sp³-hybridized carbons (Fsp3) is 0.846. The minimum Gasteiger partial charge on any atom is -0.444 e. The Hall–Kier alpha value is -1.06. The Labute approximate surface area is 104 Å². The maximum Gasteiger partial charge on any atom is 0.407 e. The van der Waals surface area contributed by atoms with Crippen molar-refractivity contribution in [3.05, 3.63) is 0 Å². The number of amides is 1. The summed E-state index contributed by atoms with van der Waals surface area (Å²) in [4.78, 5) is 21.9. The molecule has 0 heterocycles. The summed E-state index contributed by atoms with van der Waals surface area (Å²) < 4.78 is 5.10. The van der Waals surface area contributed by atoms with Gasteiger partial charge in [-0.15, -0.1) is 0 Å². The predicted molar refractivity (Wildman–Crippen MR) is 68.0 cm³/mol. The minimum absolute atomic E-state index is 0.247. The molecule has 0 atom stereocenters. The predicted octanol–water partition coefficient (Wildman–Crippen LogP) is 3.05. The monoisotopic (exact) mass is 243 g/mol. The number of rotatable bonds is 7. The van der Waals surface area contributed by atoms with Crippen molar-refractivity contribution < 1.29 is 14.3 Å². The van der Waals surface area contributed by atoms with Gasteiger partial charge in [0, 0.05) is 13.0 Å². The molecule has 0 aromatic carbocycles. The molecule has 1 amide bonds. The molecule has 0 bridgehead atoms.